The van der Waals surface area contributed by atoms with Gasteiger partial charge >= 0.3 is 12.0 Å². The Morgan fingerprint density at radius 3 is 2.71 bits per heavy atom. The van der Waals surface area contributed by atoms with E-state index in [-0.39, 0.29) is 5.92 Å². The lowest BCUT2D eigenvalue weighted by Crippen LogP contribution is -2.43. The first-order valence-corrected chi connectivity index (χ1v) is 7.61. The number of carboxylic acids is 1. The van der Waals surface area contributed by atoms with Crippen molar-refractivity contribution in [3.05, 3.63) is 29.6 Å². The van der Waals surface area contributed by atoms with Gasteiger partial charge in [0, 0.05) is 10.4 Å². The molecule has 0 fully saturated rings. The van der Waals surface area contributed by atoms with E-state index in [0.29, 0.717) is 12.1 Å². The number of nitrogens with one attached hydrogen (secondary N) is 2. The summed E-state index contributed by atoms with van der Waals surface area (Å²) in [6.07, 6.45) is 0.395. The molecule has 1 atom stereocenters. The van der Waals surface area contributed by atoms with Crippen LogP contribution in [0.1, 0.15) is 20.3 Å². The second kappa shape index (κ2) is 6.58. The predicted molar refractivity (Wildman–Crippen MR) is 84.9 cm³/mol. The van der Waals surface area contributed by atoms with Crippen molar-refractivity contribution in [1.82, 2.24) is 5.32 Å². The second-order valence-electron chi connectivity index (χ2n) is 5.29. The number of fused-ring (bicyclic) bond motifs is 1. The molecule has 1 unspecified atom stereocenters. The lowest BCUT2D eigenvalue weighted by molar-refractivity contribution is -0.139. The fraction of sp³-hybridized carbons (Fsp3) is 0.333. The molecule has 21 heavy (non-hydrogen) atoms. The molecule has 0 saturated heterocycles. The highest BCUT2D eigenvalue weighted by Crippen LogP contribution is 2.23. The number of urea groups is 1. The summed E-state index contributed by atoms with van der Waals surface area (Å²) in [5.41, 5.74) is 0.645. The van der Waals surface area contributed by atoms with Crippen molar-refractivity contribution in [2.24, 2.45) is 5.92 Å². The lowest BCUT2D eigenvalue weighted by atomic mass is 10.0. The number of anilines is 1. The van der Waals surface area contributed by atoms with Crippen LogP contribution in [0.4, 0.5) is 10.5 Å². The van der Waals surface area contributed by atoms with Gasteiger partial charge in [-0.25, -0.2) is 9.59 Å². The number of rotatable bonds is 5. The SMILES string of the molecule is CC(C)CC(NC(=O)Nc1ccc2sccc2c1)C(=O)O. The molecule has 0 aliphatic carbocycles. The van der Waals surface area contributed by atoms with Gasteiger partial charge in [-0.15, -0.1) is 11.3 Å². The van der Waals surface area contributed by atoms with Crippen LogP contribution in [0, 0.1) is 5.92 Å². The van der Waals surface area contributed by atoms with Crippen molar-refractivity contribution >= 4 is 39.1 Å². The van der Waals surface area contributed by atoms with Crippen LogP contribution in [0.15, 0.2) is 29.6 Å². The smallest absolute Gasteiger partial charge is 0.326 e. The van der Waals surface area contributed by atoms with Gasteiger partial charge in [0.1, 0.15) is 6.04 Å². The zero-order valence-electron chi connectivity index (χ0n) is 11.9. The van der Waals surface area contributed by atoms with Crippen LogP contribution in [0.25, 0.3) is 10.1 Å². The first-order valence-electron chi connectivity index (χ1n) is 6.73. The maximum Gasteiger partial charge on any atom is 0.326 e. The molecule has 0 aliphatic heterocycles. The number of hydrogen-bond donors (Lipinski definition) is 3. The van der Waals surface area contributed by atoms with Gasteiger partial charge in [-0.2, -0.15) is 0 Å². The first-order chi connectivity index (χ1) is 9.95. The summed E-state index contributed by atoms with van der Waals surface area (Å²) in [4.78, 5) is 23.0. The van der Waals surface area contributed by atoms with Gasteiger partial charge in [-0.1, -0.05) is 13.8 Å². The molecule has 0 spiro atoms. The minimum atomic E-state index is -1.02. The highest BCUT2D eigenvalue weighted by Gasteiger charge is 2.21. The number of carbonyl (C=O) groups excluding carboxylic acids is 1. The van der Waals surface area contributed by atoms with Crippen molar-refractivity contribution < 1.29 is 14.7 Å². The van der Waals surface area contributed by atoms with E-state index in [4.69, 9.17) is 5.11 Å². The number of thiophene rings is 1. The predicted octanol–water partition coefficient (Wildman–Crippen LogP) is 3.52. The third-order valence-corrected chi connectivity index (χ3v) is 3.92. The lowest BCUT2D eigenvalue weighted by Gasteiger charge is -2.17. The summed E-state index contributed by atoms with van der Waals surface area (Å²) >= 11 is 1.63. The van der Waals surface area contributed by atoms with Crippen molar-refractivity contribution in [3.8, 4) is 0 Å². The van der Waals surface area contributed by atoms with E-state index in [1.807, 2.05) is 37.4 Å². The molecular weight excluding hydrogens is 288 g/mol. The molecule has 2 amide bonds. The quantitative estimate of drug-likeness (QED) is 0.791. The maximum absolute atomic E-state index is 11.9. The summed E-state index contributed by atoms with van der Waals surface area (Å²) in [6, 6.07) is 6.19. The summed E-state index contributed by atoms with van der Waals surface area (Å²) < 4.78 is 1.14. The zero-order valence-corrected chi connectivity index (χ0v) is 12.7. The number of carbonyl (C=O) groups is 2. The largest absolute Gasteiger partial charge is 0.480 e. The zero-order chi connectivity index (χ0) is 15.4. The number of benzene rings is 1. The molecule has 1 heterocycles. The Morgan fingerprint density at radius 1 is 1.29 bits per heavy atom. The Bertz CT molecular complexity index is 651. The van der Waals surface area contributed by atoms with Crippen LogP contribution < -0.4 is 10.6 Å². The summed E-state index contributed by atoms with van der Waals surface area (Å²) in [5, 5.41) is 17.3. The van der Waals surface area contributed by atoms with Gasteiger partial charge < -0.3 is 15.7 Å². The fourth-order valence-electron chi connectivity index (χ4n) is 2.06. The highest BCUT2D eigenvalue weighted by molar-refractivity contribution is 7.17. The molecule has 1 aromatic heterocycles. The minimum absolute atomic E-state index is 0.188. The van der Waals surface area contributed by atoms with Crippen LogP contribution in [0.3, 0.4) is 0 Å². The molecule has 2 rings (SSSR count). The number of amides is 2. The third-order valence-electron chi connectivity index (χ3n) is 3.02. The molecule has 0 saturated carbocycles. The molecule has 0 radical (unpaired) electrons. The third kappa shape index (κ3) is 4.19. The van der Waals surface area contributed by atoms with Gasteiger partial charge in [0.25, 0.3) is 0 Å². The Balaban J connectivity index is 2.01. The van der Waals surface area contributed by atoms with Crippen molar-refractivity contribution in [2.45, 2.75) is 26.3 Å². The van der Waals surface area contributed by atoms with E-state index in [1.54, 1.807) is 17.4 Å². The normalized spacial score (nSPS) is 12.3. The maximum atomic E-state index is 11.9. The van der Waals surface area contributed by atoms with Crippen molar-refractivity contribution in [1.29, 1.82) is 0 Å². The van der Waals surface area contributed by atoms with Crippen LogP contribution >= 0.6 is 11.3 Å². The van der Waals surface area contributed by atoms with Crippen LogP contribution in [0.5, 0.6) is 0 Å². The van der Waals surface area contributed by atoms with Crippen molar-refractivity contribution in [3.63, 3.8) is 0 Å². The standard InChI is InChI=1S/C15H18N2O3S/c1-9(2)7-12(14(18)19)17-15(20)16-11-3-4-13-10(8-11)5-6-21-13/h3-6,8-9,12H,7H2,1-2H3,(H,18,19)(H2,16,17,20). The average molecular weight is 306 g/mol. The first kappa shape index (κ1) is 15.3. The molecule has 1 aromatic carbocycles. The number of aliphatic carboxylic acids is 1. The van der Waals surface area contributed by atoms with Crippen LogP contribution in [-0.2, 0) is 4.79 Å². The van der Waals surface area contributed by atoms with Gasteiger partial charge in [-0.05, 0) is 47.4 Å². The average Bonchev–Trinajstić information content (AvgIpc) is 2.84. The second-order valence-corrected chi connectivity index (χ2v) is 6.24. The van der Waals surface area contributed by atoms with E-state index in [9.17, 15) is 9.59 Å². The Morgan fingerprint density at radius 2 is 2.05 bits per heavy atom. The van der Waals surface area contributed by atoms with Gasteiger partial charge in [0.2, 0.25) is 0 Å². The molecule has 0 aliphatic rings. The van der Waals surface area contributed by atoms with Crippen LogP contribution in [-0.4, -0.2) is 23.1 Å². The number of hydrogen-bond acceptors (Lipinski definition) is 3. The minimum Gasteiger partial charge on any atom is -0.480 e. The fourth-order valence-corrected chi connectivity index (χ4v) is 2.83. The van der Waals surface area contributed by atoms with Gasteiger partial charge in [-0.3, -0.25) is 0 Å². The van der Waals surface area contributed by atoms with E-state index in [1.165, 1.54) is 0 Å². The van der Waals surface area contributed by atoms with E-state index < -0.39 is 18.0 Å². The van der Waals surface area contributed by atoms with Gasteiger partial charge in [0.15, 0.2) is 0 Å². The molecular formula is C15H18N2O3S. The number of carboxylic acid groups (broad SMARTS) is 1. The molecule has 3 N–H and O–H groups in total. The Kier molecular flexibility index (Phi) is 4.80. The molecule has 0 bridgehead atoms. The van der Waals surface area contributed by atoms with E-state index in [0.717, 1.165) is 10.1 Å². The van der Waals surface area contributed by atoms with E-state index in [2.05, 4.69) is 10.6 Å². The molecule has 2 aromatic rings. The van der Waals surface area contributed by atoms with Gasteiger partial charge in [0.05, 0.1) is 0 Å². The monoisotopic (exact) mass is 306 g/mol. The molecule has 6 heteroatoms. The Labute approximate surface area is 127 Å². The summed E-state index contributed by atoms with van der Waals surface area (Å²) in [5.74, 6) is -0.833. The summed E-state index contributed by atoms with van der Waals surface area (Å²) in [6.45, 7) is 3.83. The van der Waals surface area contributed by atoms with Crippen molar-refractivity contribution in [2.75, 3.05) is 5.32 Å². The topological polar surface area (TPSA) is 78.4 Å². The molecule has 5 nitrogen and oxygen atoms in total. The van der Waals surface area contributed by atoms with Crippen LogP contribution in [0.2, 0.25) is 0 Å². The van der Waals surface area contributed by atoms with E-state index >= 15 is 0 Å². The Hall–Kier alpha value is -2.08. The highest BCUT2D eigenvalue weighted by atomic mass is 32.1. The summed E-state index contributed by atoms with van der Waals surface area (Å²) in [7, 11) is 0. The molecule has 112 valence electrons.